The second-order valence-electron chi connectivity index (χ2n) is 5.07. The van der Waals surface area contributed by atoms with Crippen molar-refractivity contribution in [1.29, 1.82) is 0 Å². The number of hydrogen-bond donors (Lipinski definition) is 1. The van der Waals surface area contributed by atoms with Gasteiger partial charge in [-0.3, -0.25) is 4.90 Å². The van der Waals surface area contributed by atoms with E-state index in [0.29, 0.717) is 6.04 Å². The Hall–Kier alpha value is 0.270. The first-order chi connectivity index (χ1) is 7.67. The maximum absolute atomic E-state index is 3.65. The van der Waals surface area contributed by atoms with Gasteiger partial charge in [-0.2, -0.15) is 11.8 Å². The lowest BCUT2D eigenvalue weighted by Gasteiger charge is -2.39. The molecule has 3 atom stereocenters. The van der Waals surface area contributed by atoms with Crippen molar-refractivity contribution in [2.45, 2.75) is 57.4 Å². The van der Waals surface area contributed by atoms with E-state index in [0.717, 1.165) is 17.8 Å². The van der Waals surface area contributed by atoms with Crippen LogP contribution in [0.25, 0.3) is 0 Å². The van der Waals surface area contributed by atoms with Crippen molar-refractivity contribution in [3.8, 4) is 0 Å². The molecule has 96 valence electrons. The number of nitrogens with one attached hydrogen (secondary N) is 1. The fraction of sp³-hybridized carbons (Fsp3) is 1.00. The predicted molar refractivity (Wildman–Crippen MR) is 75.3 cm³/mol. The molecule has 1 saturated heterocycles. The summed E-state index contributed by atoms with van der Waals surface area (Å²) in [6, 6.07) is 1.44. The molecule has 16 heavy (non-hydrogen) atoms. The second-order valence-corrected chi connectivity index (χ2v) is 6.35. The van der Waals surface area contributed by atoms with Crippen LogP contribution in [0.15, 0.2) is 0 Å². The van der Waals surface area contributed by atoms with E-state index in [1.54, 1.807) is 0 Å². The molecule has 0 saturated carbocycles. The number of piperazine rings is 1. The van der Waals surface area contributed by atoms with Crippen LogP contribution < -0.4 is 5.32 Å². The minimum atomic E-state index is 0.710. The van der Waals surface area contributed by atoms with Gasteiger partial charge in [-0.05, 0) is 32.6 Å². The van der Waals surface area contributed by atoms with Gasteiger partial charge in [0.2, 0.25) is 0 Å². The Kier molecular flexibility index (Phi) is 6.78. The maximum Gasteiger partial charge on any atom is 0.0195 e. The molecular formula is C13H28N2S. The largest absolute Gasteiger partial charge is 0.311 e. The molecule has 0 aromatic rings. The third-order valence-electron chi connectivity index (χ3n) is 3.64. The Balaban J connectivity index is 2.31. The van der Waals surface area contributed by atoms with E-state index in [1.807, 2.05) is 11.8 Å². The molecule has 1 aliphatic rings. The quantitative estimate of drug-likeness (QED) is 0.773. The number of nitrogens with zero attached hydrogens (tertiary/aromatic N) is 1. The second kappa shape index (κ2) is 7.57. The number of hydrogen-bond acceptors (Lipinski definition) is 3. The maximum atomic E-state index is 3.65. The summed E-state index contributed by atoms with van der Waals surface area (Å²) < 4.78 is 0. The lowest BCUT2D eigenvalue weighted by atomic mass is 10.1. The standard InChI is InChI=1S/C13H28N2S/c1-5-6-13-10-15(11(2)9-14-13)8-7-12(3)16-4/h11-14H,5-10H2,1-4H3. The molecule has 1 aliphatic heterocycles. The molecule has 1 rings (SSSR count). The first-order valence-electron chi connectivity index (χ1n) is 6.67. The molecule has 0 aromatic carbocycles. The molecule has 3 unspecified atom stereocenters. The monoisotopic (exact) mass is 244 g/mol. The van der Waals surface area contributed by atoms with E-state index < -0.39 is 0 Å². The normalized spacial score (nSPS) is 29.2. The van der Waals surface area contributed by atoms with E-state index in [1.165, 1.54) is 32.4 Å². The minimum absolute atomic E-state index is 0.710. The predicted octanol–water partition coefficient (Wildman–Crippen LogP) is 2.59. The Bertz CT molecular complexity index is 187. The van der Waals surface area contributed by atoms with Crippen molar-refractivity contribution >= 4 is 11.8 Å². The van der Waals surface area contributed by atoms with Crippen LogP contribution in [-0.2, 0) is 0 Å². The van der Waals surface area contributed by atoms with Crippen molar-refractivity contribution in [2.24, 2.45) is 0 Å². The van der Waals surface area contributed by atoms with Crippen molar-refractivity contribution < 1.29 is 0 Å². The number of rotatable bonds is 6. The first-order valence-corrected chi connectivity index (χ1v) is 7.96. The lowest BCUT2D eigenvalue weighted by Crippen LogP contribution is -2.55. The molecule has 1 fully saturated rings. The van der Waals surface area contributed by atoms with Gasteiger partial charge in [-0.1, -0.05) is 20.3 Å². The molecule has 0 spiro atoms. The SMILES string of the molecule is CCCC1CN(CCC(C)SC)C(C)CN1. The van der Waals surface area contributed by atoms with Gasteiger partial charge in [-0.25, -0.2) is 0 Å². The highest BCUT2D eigenvalue weighted by Gasteiger charge is 2.24. The summed E-state index contributed by atoms with van der Waals surface area (Å²) in [7, 11) is 0. The average Bonchev–Trinajstić information content (AvgIpc) is 2.29. The molecule has 0 amide bonds. The summed E-state index contributed by atoms with van der Waals surface area (Å²) in [6.45, 7) is 10.6. The van der Waals surface area contributed by atoms with Gasteiger partial charge >= 0.3 is 0 Å². The van der Waals surface area contributed by atoms with Crippen molar-refractivity contribution in [1.82, 2.24) is 10.2 Å². The van der Waals surface area contributed by atoms with Crippen LogP contribution in [-0.4, -0.2) is 48.1 Å². The lowest BCUT2D eigenvalue weighted by molar-refractivity contribution is 0.136. The van der Waals surface area contributed by atoms with Crippen LogP contribution in [0.4, 0.5) is 0 Å². The van der Waals surface area contributed by atoms with Crippen molar-refractivity contribution in [3.63, 3.8) is 0 Å². The summed E-state index contributed by atoms with van der Waals surface area (Å²) in [5, 5.41) is 4.45. The fourth-order valence-electron chi connectivity index (χ4n) is 2.31. The van der Waals surface area contributed by atoms with Crippen LogP contribution in [0.1, 0.15) is 40.0 Å². The third kappa shape index (κ3) is 4.64. The summed E-state index contributed by atoms with van der Waals surface area (Å²) in [5.41, 5.74) is 0. The van der Waals surface area contributed by atoms with E-state index in [-0.39, 0.29) is 0 Å². The van der Waals surface area contributed by atoms with Crippen LogP contribution in [0.3, 0.4) is 0 Å². The Morgan fingerprint density at radius 2 is 2.25 bits per heavy atom. The summed E-state index contributed by atoms with van der Waals surface area (Å²) >= 11 is 1.98. The molecule has 2 nitrogen and oxygen atoms in total. The van der Waals surface area contributed by atoms with Crippen LogP contribution in [0, 0.1) is 0 Å². The zero-order valence-electron chi connectivity index (χ0n) is 11.3. The molecular weight excluding hydrogens is 216 g/mol. The van der Waals surface area contributed by atoms with Crippen molar-refractivity contribution in [3.05, 3.63) is 0 Å². The Morgan fingerprint density at radius 3 is 2.88 bits per heavy atom. The van der Waals surface area contributed by atoms with Crippen LogP contribution >= 0.6 is 11.8 Å². The van der Waals surface area contributed by atoms with E-state index in [4.69, 9.17) is 0 Å². The molecule has 0 aliphatic carbocycles. The molecule has 1 N–H and O–H groups in total. The van der Waals surface area contributed by atoms with Gasteiger partial charge in [0.1, 0.15) is 0 Å². The van der Waals surface area contributed by atoms with Gasteiger partial charge in [-0.15, -0.1) is 0 Å². The smallest absolute Gasteiger partial charge is 0.0195 e. The van der Waals surface area contributed by atoms with Gasteiger partial charge in [0, 0.05) is 30.4 Å². The van der Waals surface area contributed by atoms with Gasteiger partial charge in [0.15, 0.2) is 0 Å². The highest BCUT2D eigenvalue weighted by Crippen LogP contribution is 2.15. The molecule has 0 bridgehead atoms. The first kappa shape index (κ1) is 14.3. The summed E-state index contributed by atoms with van der Waals surface area (Å²) in [6.07, 6.45) is 6.15. The summed E-state index contributed by atoms with van der Waals surface area (Å²) in [4.78, 5) is 2.67. The topological polar surface area (TPSA) is 15.3 Å². The van der Waals surface area contributed by atoms with Gasteiger partial charge in [0.25, 0.3) is 0 Å². The van der Waals surface area contributed by atoms with Gasteiger partial charge in [0.05, 0.1) is 0 Å². The molecule has 0 aromatic heterocycles. The molecule has 3 heteroatoms. The number of thioether (sulfide) groups is 1. The summed E-state index contributed by atoms with van der Waals surface area (Å²) in [5.74, 6) is 0. The zero-order chi connectivity index (χ0) is 12.0. The molecule has 1 heterocycles. The fourth-order valence-corrected chi connectivity index (χ4v) is 2.65. The average molecular weight is 244 g/mol. The highest BCUT2D eigenvalue weighted by molar-refractivity contribution is 7.99. The molecule has 0 radical (unpaired) electrons. The minimum Gasteiger partial charge on any atom is -0.311 e. The van der Waals surface area contributed by atoms with Crippen LogP contribution in [0.5, 0.6) is 0 Å². The van der Waals surface area contributed by atoms with Crippen molar-refractivity contribution in [2.75, 3.05) is 25.9 Å². The van der Waals surface area contributed by atoms with E-state index in [9.17, 15) is 0 Å². The van der Waals surface area contributed by atoms with E-state index in [2.05, 4.69) is 37.2 Å². The Labute approximate surface area is 106 Å². The van der Waals surface area contributed by atoms with E-state index >= 15 is 0 Å². The third-order valence-corrected chi connectivity index (χ3v) is 4.68. The zero-order valence-corrected chi connectivity index (χ0v) is 12.1. The van der Waals surface area contributed by atoms with Gasteiger partial charge < -0.3 is 5.32 Å². The van der Waals surface area contributed by atoms with Crippen LogP contribution in [0.2, 0.25) is 0 Å². The highest BCUT2D eigenvalue weighted by atomic mass is 32.2. The Morgan fingerprint density at radius 1 is 1.50 bits per heavy atom.